The summed E-state index contributed by atoms with van der Waals surface area (Å²) < 4.78 is 106. The molecule has 4 aromatic carbocycles. The molecule has 0 atom stereocenters. The minimum absolute atomic E-state index is 0.0104. The van der Waals surface area contributed by atoms with E-state index >= 15 is 0 Å². The van der Waals surface area contributed by atoms with E-state index in [1.165, 1.54) is 38.5 Å². The second-order valence-electron chi connectivity index (χ2n) is 11.1. The van der Waals surface area contributed by atoms with Crippen molar-refractivity contribution < 1.29 is 52.0 Å². The van der Waals surface area contributed by atoms with Crippen LogP contribution in [0.3, 0.4) is 0 Å². The Balaban J connectivity index is 1.86. The van der Waals surface area contributed by atoms with Gasteiger partial charge < -0.3 is 26.8 Å². The summed E-state index contributed by atoms with van der Waals surface area (Å²) in [7, 11) is -9.29. The normalized spacial score (nSPS) is 12.0. The highest BCUT2D eigenvalue weighted by molar-refractivity contribution is 7.86. The van der Waals surface area contributed by atoms with Crippen molar-refractivity contribution in [2.45, 2.75) is 26.4 Å². The van der Waals surface area contributed by atoms with Gasteiger partial charge in [0.05, 0.1) is 38.6 Å². The number of hydrogen-bond donors (Lipinski definition) is 0. The summed E-state index contributed by atoms with van der Waals surface area (Å²) in [4.78, 5) is 0. The van der Waals surface area contributed by atoms with E-state index in [0.717, 1.165) is 29.9 Å². The molecule has 0 saturated heterocycles. The lowest BCUT2D eigenvalue weighted by molar-refractivity contribution is 0.296. The maximum atomic E-state index is 12.5. The van der Waals surface area contributed by atoms with E-state index in [9.17, 15) is 25.3 Å². The molecule has 12 nitrogen and oxygen atoms in total. The van der Waals surface area contributed by atoms with E-state index in [2.05, 4.69) is 13.8 Å². The Morgan fingerprint density at radius 1 is 0.583 bits per heavy atom. The summed E-state index contributed by atoms with van der Waals surface area (Å²) in [5.41, 5.74) is 3.16. The highest BCUT2D eigenvalue weighted by Crippen LogP contribution is 2.52. The highest BCUT2D eigenvalue weighted by Gasteiger charge is 2.27. The number of hydrogen-bond acceptors (Lipinski definition) is 12. The third kappa shape index (κ3) is 9.55. The quantitative estimate of drug-likeness (QED) is 0.145. The van der Waals surface area contributed by atoms with Crippen molar-refractivity contribution in [1.82, 2.24) is 0 Å². The first-order valence-electron chi connectivity index (χ1n) is 14.3. The molecule has 0 amide bonds. The Hall–Kier alpha value is -4.47. The number of methoxy groups -OCH3 is 2. The van der Waals surface area contributed by atoms with Gasteiger partial charge in [0.2, 0.25) is 0 Å². The summed E-state index contributed by atoms with van der Waals surface area (Å²) >= 11 is 0. The van der Waals surface area contributed by atoms with Gasteiger partial charge in [-0.05, 0) is 58.5 Å². The fourth-order valence-electron chi connectivity index (χ4n) is 4.73. The SMILES string of the molecule is COc1cc(-c2ccc(OS(C)(=O)=O)cc2)c(OC)c(OS(C)(=O)=O)c1-c1ccc(OCc2ccc(C(C)C)cc2)c(OS(C)(=O)=O)c1. The van der Waals surface area contributed by atoms with Gasteiger partial charge in [0.1, 0.15) is 18.1 Å². The predicted molar refractivity (Wildman–Crippen MR) is 182 cm³/mol. The molecular formula is C33H36O12S3. The molecule has 0 spiro atoms. The number of benzene rings is 4. The first-order valence-corrected chi connectivity index (χ1v) is 19.8. The molecular weight excluding hydrogens is 685 g/mol. The molecule has 0 aromatic heterocycles. The molecule has 0 heterocycles. The van der Waals surface area contributed by atoms with Crippen LogP contribution in [0.5, 0.6) is 34.5 Å². The Morgan fingerprint density at radius 3 is 1.69 bits per heavy atom. The molecule has 258 valence electrons. The number of ether oxygens (including phenoxy) is 3. The molecule has 0 radical (unpaired) electrons. The molecule has 15 heteroatoms. The van der Waals surface area contributed by atoms with Crippen LogP contribution < -0.4 is 26.8 Å². The van der Waals surface area contributed by atoms with Crippen LogP contribution in [0.2, 0.25) is 0 Å². The largest absolute Gasteiger partial charge is 0.496 e. The lowest BCUT2D eigenvalue weighted by Crippen LogP contribution is -2.10. The van der Waals surface area contributed by atoms with Crippen LogP contribution in [0.15, 0.2) is 72.8 Å². The van der Waals surface area contributed by atoms with Gasteiger partial charge in [0.25, 0.3) is 0 Å². The van der Waals surface area contributed by atoms with Crippen molar-refractivity contribution in [3.63, 3.8) is 0 Å². The standard InChI is InChI=1S/C33H36O12S3/c1-21(2)23-10-8-22(9-11-23)20-42-28-17-14-25(18-29(28)44-47(6,36)37)31-30(40-3)19-27(32(41-4)33(31)45-48(7,38)39)24-12-15-26(16-13-24)43-46(5,34)35/h8-19,21H,20H2,1-7H3. The van der Waals surface area contributed by atoms with Crippen molar-refractivity contribution in [3.05, 3.63) is 83.9 Å². The monoisotopic (exact) mass is 720 g/mol. The van der Waals surface area contributed by atoms with E-state index in [0.29, 0.717) is 17.0 Å². The third-order valence-electron chi connectivity index (χ3n) is 6.79. The van der Waals surface area contributed by atoms with Crippen LogP contribution in [-0.2, 0) is 37.0 Å². The van der Waals surface area contributed by atoms with Crippen molar-refractivity contribution in [1.29, 1.82) is 0 Å². The summed E-state index contributed by atoms with van der Waals surface area (Å²) in [6, 6.07) is 19.7. The van der Waals surface area contributed by atoms with Gasteiger partial charge in [0, 0.05) is 5.56 Å². The highest BCUT2D eigenvalue weighted by atomic mass is 32.2. The van der Waals surface area contributed by atoms with Gasteiger partial charge in [-0.2, -0.15) is 25.3 Å². The maximum absolute atomic E-state index is 12.5. The predicted octanol–water partition coefficient (Wildman–Crippen LogP) is 5.76. The second kappa shape index (κ2) is 14.3. The summed E-state index contributed by atoms with van der Waals surface area (Å²) in [5.74, 6) is 0.228. The average Bonchev–Trinajstić information content (AvgIpc) is 2.98. The third-order valence-corrected chi connectivity index (χ3v) is 8.23. The van der Waals surface area contributed by atoms with Gasteiger partial charge in [-0.1, -0.05) is 56.3 Å². The van der Waals surface area contributed by atoms with E-state index in [1.54, 1.807) is 24.3 Å². The van der Waals surface area contributed by atoms with Crippen molar-refractivity contribution in [2.75, 3.05) is 33.0 Å². The maximum Gasteiger partial charge on any atom is 0.306 e. The molecule has 0 fully saturated rings. The molecule has 0 aliphatic carbocycles. The molecule has 0 bridgehead atoms. The van der Waals surface area contributed by atoms with E-state index in [4.69, 9.17) is 26.8 Å². The van der Waals surface area contributed by atoms with Gasteiger partial charge >= 0.3 is 30.4 Å². The Labute approximate surface area is 281 Å². The zero-order chi connectivity index (χ0) is 35.4. The van der Waals surface area contributed by atoms with Gasteiger partial charge in [-0.25, -0.2) is 0 Å². The molecule has 0 aliphatic rings. The smallest absolute Gasteiger partial charge is 0.306 e. The molecule has 0 N–H and O–H groups in total. The van der Waals surface area contributed by atoms with Crippen LogP contribution in [0, 0.1) is 0 Å². The molecule has 4 aromatic rings. The second-order valence-corrected chi connectivity index (χ2v) is 15.8. The first kappa shape index (κ1) is 36.4. The lowest BCUT2D eigenvalue weighted by Gasteiger charge is -2.21. The minimum Gasteiger partial charge on any atom is -0.496 e. The minimum atomic E-state index is -4.16. The van der Waals surface area contributed by atoms with Crippen LogP contribution in [0.25, 0.3) is 22.3 Å². The van der Waals surface area contributed by atoms with Crippen LogP contribution in [0.1, 0.15) is 30.9 Å². The molecule has 0 saturated carbocycles. The molecule has 0 aliphatic heterocycles. The topological polar surface area (TPSA) is 158 Å². The Bertz CT molecular complexity index is 2110. The number of rotatable bonds is 14. The molecule has 0 unspecified atom stereocenters. The van der Waals surface area contributed by atoms with Gasteiger partial charge in [0.15, 0.2) is 23.0 Å². The summed E-state index contributed by atoms with van der Waals surface area (Å²) in [6.45, 7) is 4.28. The van der Waals surface area contributed by atoms with Crippen molar-refractivity contribution >= 4 is 30.4 Å². The van der Waals surface area contributed by atoms with E-state index in [-0.39, 0.29) is 52.2 Å². The van der Waals surface area contributed by atoms with E-state index in [1.807, 2.05) is 24.3 Å². The fourth-order valence-corrected chi connectivity index (χ4v) is 6.11. The zero-order valence-corrected chi connectivity index (χ0v) is 29.8. The summed E-state index contributed by atoms with van der Waals surface area (Å²) in [5, 5.41) is 0. The van der Waals surface area contributed by atoms with Crippen LogP contribution in [0.4, 0.5) is 0 Å². The fraction of sp³-hybridized carbons (Fsp3) is 0.273. The summed E-state index contributed by atoms with van der Waals surface area (Å²) in [6.07, 6.45) is 2.66. The first-order chi connectivity index (χ1) is 22.4. The Morgan fingerprint density at radius 2 is 1.17 bits per heavy atom. The van der Waals surface area contributed by atoms with Gasteiger partial charge in [-0.3, -0.25) is 0 Å². The van der Waals surface area contributed by atoms with Gasteiger partial charge in [-0.15, -0.1) is 0 Å². The zero-order valence-electron chi connectivity index (χ0n) is 27.3. The Kier molecular flexibility index (Phi) is 10.9. The van der Waals surface area contributed by atoms with Crippen molar-refractivity contribution in [3.8, 4) is 56.8 Å². The van der Waals surface area contributed by atoms with Crippen molar-refractivity contribution in [2.24, 2.45) is 0 Å². The molecule has 48 heavy (non-hydrogen) atoms. The van der Waals surface area contributed by atoms with E-state index < -0.39 is 30.4 Å². The average molecular weight is 721 g/mol. The van der Waals surface area contributed by atoms with Crippen LogP contribution >= 0.6 is 0 Å². The lowest BCUT2D eigenvalue weighted by atomic mass is 9.96. The van der Waals surface area contributed by atoms with Crippen LogP contribution in [-0.4, -0.2) is 58.2 Å². The molecule has 4 rings (SSSR count).